The van der Waals surface area contributed by atoms with Crippen LogP contribution in [-0.4, -0.2) is 87.4 Å². The molecule has 0 aliphatic carbocycles. The van der Waals surface area contributed by atoms with Crippen molar-refractivity contribution in [1.29, 1.82) is 0 Å². The molecule has 2 rings (SSSR count). The third-order valence-corrected chi connectivity index (χ3v) is 11.0. The summed E-state index contributed by atoms with van der Waals surface area (Å²) in [6.07, 6.45) is 4.67. The van der Waals surface area contributed by atoms with E-state index in [9.17, 15) is 22.8 Å². The van der Waals surface area contributed by atoms with E-state index < -0.39 is 39.0 Å². The smallest absolute Gasteiger partial charge is 0.409 e. The van der Waals surface area contributed by atoms with Crippen molar-refractivity contribution in [1.82, 2.24) is 4.72 Å². The first-order chi connectivity index (χ1) is 25.7. The van der Waals surface area contributed by atoms with Gasteiger partial charge in [0.05, 0.1) is 17.3 Å². The summed E-state index contributed by atoms with van der Waals surface area (Å²) in [5.74, 6) is -0.912. The number of hydrogen-bond acceptors (Lipinski definition) is 7. The molecule has 57 heavy (non-hydrogen) atoms. The minimum absolute atomic E-state index is 0. The van der Waals surface area contributed by atoms with Crippen molar-refractivity contribution in [3.8, 4) is 5.75 Å². The van der Waals surface area contributed by atoms with Crippen LogP contribution in [0.15, 0.2) is 30.3 Å². The first-order valence-corrected chi connectivity index (χ1v) is 21.7. The Morgan fingerprint density at radius 2 is 1.04 bits per heavy atom. The van der Waals surface area contributed by atoms with Crippen molar-refractivity contribution >= 4 is 65.9 Å². The van der Waals surface area contributed by atoms with Crippen molar-refractivity contribution in [2.75, 3.05) is 13.2 Å². The molecule has 0 saturated carbocycles. The predicted octanol–water partition coefficient (Wildman–Crippen LogP) is 10.5. The van der Waals surface area contributed by atoms with Gasteiger partial charge in [-0.25, -0.2) is 4.72 Å². The summed E-state index contributed by atoms with van der Waals surface area (Å²) in [6, 6.07) is 9.95. The van der Waals surface area contributed by atoms with Gasteiger partial charge in [-0.1, -0.05) is 112 Å². The molecule has 0 aromatic heterocycles. The molecule has 0 spiro atoms. The Balaban J connectivity index is 0.00000123. The van der Waals surface area contributed by atoms with Gasteiger partial charge in [-0.15, -0.1) is 0 Å². The maximum Gasteiger partial charge on any atom is 0.409 e. The second kappa shape index (κ2) is 24.8. The Hall–Kier alpha value is -2.18. The number of benzene rings is 2. The molecule has 0 bridgehead atoms. The molecule has 2 aromatic rings. The fraction of sp³-hybridized carbons (Fsp3) is 0.667. The summed E-state index contributed by atoms with van der Waals surface area (Å²) in [5.41, 5.74) is 4.55. The molecular weight excluding hydrogens is 771 g/mol. The SMILES string of the molecule is CC(C)(CCCCOCCCCC(C)(C)C(=O)O)C(=O)O.CC(C)c1cc(C(C)C)c(CC(=O)NS(=O)(=O)Oc2c(C(C)C)cccc2C(C)C)c(C(C)C)c1.[Ca]. The van der Waals surface area contributed by atoms with Crippen molar-refractivity contribution in [2.45, 2.75) is 171 Å². The summed E-state index contributed by atoms with van der Waals surface area (Å²) < 4.78 is 39.2. The van der Waals surface area contributed by atoms with Crippen LogP contribution in [0.2, 0.25) is 0 Å². The molecule has 3 N–H and O–H groups in total. The third-order valence-electron chi connectivity index (χ3n) is 10.2. The molecule has 10 nitrogen and oxygen atoms in total. The number of hydrogen-bond donors (Lipinski definition) is 3. The number of unbranched alkanes of at least 4 members (excludes halogenated alkanes) is 2. The van der Waals surface area contributed by atoms with Gasteiger partial charge >= 0.3 is 22.2 Å². The van der Waals surface area contributed by atoms with Gasteiger partial charge in [0.15, 0.2) is 5.75 Å². The number of carboxylic acid groups (broad SMARTS) is 2. The van der Waals surface area contributed by atoms with E-state index in [0.717, 1.165) is 53.5 Å². The van der Waals surface area contributed by atoms with Crippen LogP contribution in [0.25, 0.3) is 0 Å². The van der Waals surface area contributed by atoms with E-state index in [1.165, 1.54) is 5.56 Å². The fourth-order valence-electron chi connectivity index (χ4n) is 6.21. The minimum Gasteiger partial charge on any atom is -0.481 e. The average Bonchev–Trinajstić information content (AvgIpc) is 3.06. The number of carbonyl (C=O) groups excluding carboxylic acids is 1. The molecule has 0 fully saturated rings. The molecule has 12 heteroatoms. The molecule has 0 heterocycles. The van der Waals surface area contributed by atoms with E-state index in [2.05, 4.69) is 58.4 Å². The Morgan fingerprint density at radius 3 is 1.37 bits per heavy atom. The number of carbonyl (C=O) groups is 3. The summed E-state index contributed by atoms with van der Waals surface area (Å²) in [7, 11) is -4.35. The normalized spacial score (nSPS) is 12.1. The van der Waals surface area contributed by atoms with Gasteiger partial charge < -0.3 is 19.1 Å². The van der Waals surface area contributed by atoms with Crippen molar-refractivity contribution in [2.24, 2.45) is 10.8 Å². The molecule has 0 saturated heterocycles. The molecule has 320 valence electrons. The zero-order valence-electron chi connectivity index (χ0n) is 37.5. The molecule has 0 aliphatic heterocycles. The van der Waals surface area contributed by atoms with Crippen molar-refractivity contribution in [3.05, 3.63) is 63.7 Å². The van der Waals surface area contributed by atoms with Crippen molar-refractivity contribution in [3.63, 3.8) is 0 Å². The molecule has 1 amide bonds. The van der Waals surface area contributed by atoms with Gasteiger partial charge in [0.25, 0.3) is 0 Å². The topological polar surface area (TPSA) is 156 Å². The van der Waals surface area contributed by atoms with E-state index in [1.54, 1.807) is 27.7 Å². The number of carboxylic acids is 2. The Labute approximate surface area is 374 Å². The summed E-state index contributed by atoms with van der Waals surface area (Å²) in [6.45, 7) is 28.9. The summed E-state index contributed by atoms with van der Waals surface area (Å²) >= 11 is 0. The Kier molecular flexibility index (Phi) is 23.8. The van der Waals surface area contributed by atoms with Gasteiger partial charge in [0.1, 0.15) is 0 Å². The largest absolute Gasteiger partial charge is 0.481 e. The Morgan fingerprint density at radius 1 is 0.649 bits per heavy atom. The van der Waals surface area contributed by atoms with Crippen LogP contribution >= 0.6 is 0 Å². The molecule has 0 unspecified atom stereocenters. The quantitative estimate of drug-likeness (QED) is 0.0775. The van der Waals surface area contributed by atoms with E-state index >= 15 is 0 Å². The molecule has 2 aromatic carbocycles. The van der Waals surface area contributed by atoms with Crippen LogP contribution in [0.1, 0.15) is 198 Å². The first-order valence-electron chi connectivity index (χ1n) is 20.3. The van der Waals surface area contributed by atoms with E-state index in [1.807, 2.05) is 45.9 Å². The number of ether oxygens (including phenoxy) is 1. The van der Waals surface area contributed by atoms with Gasteiger partial charge in [0, 0.05) is 51.0 Å². The van der Waals surface area contributed by atoms with Crippen LogP contribution in [0, 0.1) is 10.8 Å². The van der Waals surface area contributed by atoms with Crippen LogP contribution in [-0.2, 0) is 35.8 Å². The predicted molar refractivity (Wildman–Crippen MR) is 232 cm³/mol. The fourth-order valence-corrected chi connectivity index (χ4v) is 7.02. The molecule has 2 radical (unpaired) electrons. The van der Waals surface area contributed by atoms with Gasteiger partial charge in [-0.2, -0.15) is 8.42 Å². The van der Waals surface area contributed by atoms with E-state index in [0.29, 0.717) is 37.7 Å². The second-order valence-electron chi connectivity index (χ2n) is 17.9. The van der Waals surface area contributed by atoms with Gasteiger partial charge in [-0.05, 0) is 116 Å². The molecule has 0 aliphatic rings. The van der Waals surface area contributed by atoms with Crippen LogP contribution in [0.4, 0.5) is 0 Å². The summed E-state index contributed by atoms with van der Waals surface area (Å²) in [5, 5.41) is 17.9. The number of rotatable bonds is 22. The zero-order valence-corrected chi connectivity index (χ0v) is 40.5. The van der Waals surface area contributed by atoms with Gasteiger partial charge in [0.2, 0.25) is 5.91 Å². The number of aliphatic carboxylic acids is 2. The average molecular weight is 844 g/mol. The van der Waals surface area contributed by atoms with Crippen LogP contribution in [0.5, 0.6) is 5.75 Å². The van der Waals surface area contributed by atoms with E-state index in [-0.39, 0.29) is 67.8 Å². The summed E-state index contributed by atoms with van der Waals surface area (Å²) in [4.78, 5) is 34.9. The number of nitrogens with one attached hydrogen (secondary N) is 1. The second-order valence-corrected chi connectivity index (χ2v) is 19.1. The van der Waals surface area contributed by atoms with Crippen molar-refractivity contribution < 1.29 is 41.9 Å². The number of para-hydroxylation sites is 1. The van der Waals surface area contributed by atoms with Gasteiger partial charge in [-0.3, -0.25) is 14.4 Å². The first kappa shape index (κ1) is 54.8. The Bertz CT molecular complexity index is 1610. The maximum atomic E-state index is 13.1. The number of amides is 1. The van der Waals surface area contributed by atoms with Crippen LogP contribution in [0.3, 0.4) is 0 Å². The standard InChI is InChI=1S/C29H43NO4S.C16H30O5.Ca/c1-17(2)22-14-25(20(7)8)27(26(15-22)21(9)10)16-28(31)30-35(32,33)34-29-23(18(3)4)12-11-13-24(29)19(5)6;1-15(2,13(17)18)9-5-7-11-21-12-8-6-10-16(3,4)14(19)20;/h11-15,17-21H,16H2,1-10H3,(H,30,31);5-12H2,1-4H3,(H,17,18)(H,19,20);. The molecule has 0 atom stereocenters. The zero-order chi connectivity index (χ0) is 43.2. The van der Waals surface area contributed by atoms with E-state index in [4.69, 9.17) is 19.1 Å². The minimum atomic E-state index is -4.35. The molecular formula is C45H73CaNO9S. The third kappa shape index (κ3) is 18.7. The van der Waals surface area contributed by atoms with Crippen LogP contribution < -0.4 is 8.91 Å². The monoisotopic (exact) mass is 843 g/mol. The maximum absolute atomic E-state index is 13.1.